The number of ketones is 2. The molecule has 0 aliphatic carbocycles. The summed E-state index contributed by atoms with van der Waals surface area (Å²) in [4.78, 5) is 38.4. The van der Waals surface area contributed by atoms with Crippen LogP contribution in [-0.2, 0) is 4.74 Å². The maximum Gasteiger partial charge on any atom is 0.339 e. The topological polar surface area (TPSA) is 85.5 Å². The maximum absolute atomic E-state index is 12.4. The van der Waals surface area contributed by atoms with E-state index in [-0.39, 0.29) is 18.2 Å². The summed E-state index contributed by atoms with van der Waals surface area (Å²) in [6.07, 6.45) is 0. The molecule has 1 aromatic heterocycles. The summed E-state index contributed by atoms with van der Waals surface area (Å²) in [5.74, 6) is -0.426. The number of rotatable bonds is 6. The highest BCUT2D eigenvalue weighted by molar-refractivity contribution is 6.02. The lowest BCUT2D eigenvalue weighted by Gasteiger charge is -2.06. The third-order valence-corrected chi connectivity index (χ3v) is 3.72. The first-order valence-corrected chi connectivity index (χ1v) is 7.39. The van der Waals surface area contributed by atoms with Crippen molar-refractivity contribution in [2.24, 2.45) is 0 Å². The quantitative estimate of drug-likeness (QED) is 0.650. The van der Waals surface area contributed by atoms with Gasteiger partial charge in [0.1, 0.15) is 5.75 Å². The average molecular weight is 329 g/mol. The van der Waals surface area contributed by atoms with Gasteiger partial charge in [-0.15, -0.1) is 0 Å². The molecule has 1 aromatic carbocycles. The second-order valence-electron chi connectivity index (χ2n) is 5.41. The lowest BCUT2D eigenvalue weighted by molar-refractivity contribution is 0.0599. The van der Waals surface area contributed by atoms with Crippen LogP contribution < -0.4 is 4.74 Å². The number of hydrogen-bond acceptors (Lipinski definition) is 5. The lowest BCUT2D eigenvalue weighted by atomic mass is 10.1. The molecule has 0 aliphatic heterocycles. The molecule has 0 fully saturated rings. The van der Waals surface area contributed by atoms with E-state index in [0.29, 0.717) is 33.8 Å². The number of carbonyl (C=O) groups excluding carboxylic acids is 3. The van der Waals surface area contributed by atoms with Crippen LogP contribution in [0.3, 0.4) is 0 Å². The van der Waals surface area contributed by atoms with E-state index < -0.39 is 5.97 Å². The molecule has 1 heterocycles. The fraction of sp³-hybridized carbons (Fsp3) is 0.278. The number of ether oxygens (including phenoxy) is 2. The number of esters is 1. The summed E-state index contributed by atoms with van der Waals surface area (Å²) in [7, 11) is 1.29. The highest BCUT2D eigenvalue weighted by atomic mass is 16.5. The fourth-order valence-corrected chi connectivity index (χ4v) is 2.46. The normalized spacial score (nSPS) is 10.3. The molecule has 1 N–H and O–H groups in total. The second-order valence-corrected chi connectivity index (χ2v) is 5.41. The molecule has 0 radical (unpaired) electrons. The fourth-order valence-electron chi connectivity index (χ4n) is 2.46. The molecule has 6 nitrogen and oxygen atoms in total. The van der Waals surface area contributed by atoms with Crippen LogP contribution >= 0.6 is 0 Å². The smallest absolute Gasteiger partial charge is 0.339 e. The van der Waals surface area contributed by atoms with Gasteiger partial charge in [0.15, 0.2) is 12.4 Å². The number of aryl methyl sites for hydroxylation is 1. The predicted molar refractivity (Wildman–Crippen MR) is 87.9 cm³/mol. The number of methoxy groups -OCH3 is 1. The zero-order valence-corrected chi connectivity index (χ0v) is 14.1. The molecule has 0 atom stereocenters. The first-order valence-electron chi connectivity index (χ1n) is 7.39. The molecule has 0 amide bonds. The van der Waals surface area contributed by atoms with Crippen molar-refractivity contribution in [3.63, 3.8) is 0 Å². The molecular formula is C18H19NO5. The molecule has 0 spiro atoms. The Labute approximate surface area is 139 Å². The number of aromatic amines is 1. The molecule has 0 saturated heterocycles. The molecule has 0 aliphatic rings. The summed E-state index contributed by atoms with van der Waals surface area (Å²) in [6.45, 7) is 4.64. The molecule has 0 bridgehead atoms. The Morgan fingerprint density at radius 3 is 2.50 bits per heavy atom. The van der Waals surface area contributed by atoms with E-state index in [4.69, 9.17) is 9.47 Å². The van der Waals surface area contributed by atoms with Crippen molar-refractivity contribution in [2.75, 3.05) is 13.7 Å². The van der Waals surface area contributed by atoms with Crippen molar-refractivity contribution in [3.8, 4) is 5.75 Å². The van der Waals surface area contributed by atoms with Crippen LogP contribution in [0.4, 0.5) is 0 Å². The molecule has 0 unspecified atom stereocenters. The predicted octanol–water partition coefficient (Wildman–Crippen LogP) is 2.88. The Morgan fingerprint density at radius 2 is 1.88 bits per heavy atom. The molecule has 24 heavy (non-hydrogen) atoms. The van der Waals surface area contributed by atoms with Gasteiger partial charge < -0.3 is 14.5 Å². The van der Waals surface area contributed by atoms with Gasteiger partial charge >= 0.3 is 5.97 Å². The van der Waals surface area contributed by atoms with Gasteiger partial charge in [0.05, 0.1) is 18.4 Å². The van der Waals surface area contributed by atoms with Crippen molar-refractivity contribution in [1.29, 1.82) is 0 Å². The minimum absolute atomic E-state index is 0.0784. The minimum atomic E-state index is -0.490. The van der Waals surface area contributed by atoms with Crippen LogP contribution in [0.2, 0.25) is 0 Å². The lowest BCUT2D eigenvalue weighted by Crippen LogP contribution is -2.13. The monoisotopic (exact) mass is 329 g/mol. The highest BCUT2D eigenvalue weighted by Crippen LogP contribution is 2.20. The number of carbonyl (C=O) groups is 3. The number of benzene rings is 1. The van der Waals surface area contributed by atoms with Crippen molar-refractivity contribution >= 4 is 17.5 Å². The summed E-state index contributed by atoms with van der Waals surface area (Å²) in [6, 6.07) is 6.63. The van der Waals surface area contributed by atoms with Gasteiger partial charge in [-0.05, 0) is 38.5 Å². The highest BCUT2D eigenvalue weighted by Gasteiger charge is 2.22. The van der Waals surface area contributed by atoms with Gasteiger partial charge in [0.2, 0.25) is 5.78 Å². The molecule has 2 aromatic rings. The molecule has 2 rings (SSSR count). The van der Waals surface area contributed by atoms with Crippen LogP contribution in [0.1, 0.15) is 49.4 Å². The van der Waals surface area contributed by atoms with E-state index in [9.17, 15) is 14.4 Å². The van der Waals surface area contributed by atoms with Gasteiger partial charge in [-0.1, -0.05) is 12.1 Å². The second kappa shape index (κ2) is 7.12. The maximum atomic E-state index is 12.4. The summed E-state index contributed by atoms with van der Waals surface area (Å²) in [5, 5.41) is 0. The van der Waals surface area contributed by atoms with Crippen molar-refractivity contribution in [1.82, 2.24) is 4.98 Å². The van der Waals surface area contributed by atoms with Crippen LogP contribution in [0.5, 0.6) is 5.75 Å². The van der Waals surface area contributed by atoms with Crippen LogP contribution in [0.15, 0.2) is 24.3 Å². The van der Waals surface area contributed by atoms with Crippen LogP contribution in [0, 0.1) is 13.8 Å². The van der Waals surface area contributed by atoms with Gasteiger partial charge in [0, 0.05) is 11.3 Å². The Bertz CT molecular complexity index is 804. The first-order chi connectivity index (χ1) is 11.3. The SMILES string of the molecule is COC(=O)c1c(C)[nH]c(C(=O)COc2cccc(C(C)=O)c2)c1C. The number of aromatic nitrogens is 1. The van der Waals surface area contributed by atoms with Gasteiger partial charge in [-0.3, -0.25) is 9.59 Å². The first kappa shape index (κ1) is 17.5. The van der Waals surface area contributed by atoms with E-state index in [1.165, 1.54) is 14.0 Å². The average Bonchev–Trinajstić information content (AvgIpc) is 2.87. The molecule has 126 valence electrons. The zero-order chi connectivity index (χ0) is 17.9. The Kier molecular flexibility index (Phi) is 5.18. The molecule has 6 heteroatoms. The van der Waals surface area contributed by atoms with E-state index in [2.05, 4.69) is 4.98 Å². The molecule has 0 saturated carbocycles. The van der Waals surface area contributed by atoms with Crippen molar-refractivity contribution in [2.45, 2.75) is 20.8 Å². The number of H-pyrrole nitrogens is 1. The Hall–Kier alpha value is -2.89. The van der Waals surface area contributed by atoms with Gasteiger partial charge in [0.25, 0.3) is 0 Å². The summed E-state index contributed by atoms with van der Waals surface area (Å²) in [5.41, 5.74) is 2.29. The van der Waals surface area contributed by atoms with E-state index in [0.717, 1.165) is 0 Å². The number of nitrogens with one attached hydrogen (secondary N) is 1. The van der Waals surface area contributed by atoms with E-state index >= 15 is 0 Å². The van der Waals surface area contributed by atoms with Gasteiger partial charge in [-0.2, -0.15) is 0 Å². The minimum Gasteiger partial charge on any atom is -0.485 e. The Morgan fingerprint density at radius 1 is 1.17 bits per heavy atom. The summed E-state index contributed by atoms with van der Waals surface area (Å²) < 4.78 is 10.2. The third kappa shape index (κ3) is 3.53. The summed E-state index contributed by atoms with van der Waals surface area (Å²) >= 11 is 0. The third-order valence-electron chi connectivity index (χ3n) is 3.72. The van der Waals surface area contributed by atoms with Crippen molar-refractivity contribution in [3.05, 3.63) is 52.3 Å². The van der Waals surface area contributed by atoms with E-state index in [1.807, 2.05) is 0 Å². The Balaban J connectivity index is 2.15. The van der Waals surface area contributed by atoms with Crippen LogP contribution in [-0.4, -0.2) is 36.2 Å². The van der Waals surface area contributed by atoms with Gasteiger partial charge in [-0.25, -0.2) is 4.79 Å². The van der Waals surface area contributed by atoms with E-state index in [1.54, 1.807) is 38.1 Å². The van der Waals surface area contributed by atoms with Crippen molar-refractivity contribution < 1.29 is 23.9 Å². The van der Waals surface area contributed by atoms with Crippen LogP contribution in [0.25, 0.3) is 0 Å². The number of hydrogen-bond donors (Lipinski definition) is 1. The largest absolute Gasteiger partial charge is 0.485 e. The molecular weight excluding hydrogens is 310 g/mol. The zero-order valence-electron chi connectivity index (χ0n) is 14.1. The standard InChI is InChI=1S/C18H19NO5/c1-10-16(18(22)23-4)11(2)19-17(10)15(21)9-24-14-7-5-6-13(8-14)12(3)20/h5-8,19H,9H2,1-4H3. The number of Topliss-reactive ketones (excluding diaryl/α,β-unsaturated/α-hetero) is 2.